The Labute approximate surface area is 179 Å². The fourth-order valence-electron chi connectivity index (χ4n) is 4.41. The molecule has 0 N–H and O–H groups in total. The van der Waals surface area contributed by atoms with Crippen molar-refractivity contribution in [2.24, 2.45) is 0 Å². The second kappa shape index (κ2) is 7.65. The first-order valence-corrected chi connectivity index (χ1v) is 10.6. The van der Waals surface area contributed by atoms with E-state index in [0.29, 0.717) is 24.2 Å². The molecule has 1 aromatic heterocycles. The number of likely N-dealkylation sites (tertiary alicyclic amines) is 1. The Bertz CT molecular complexity index is 1160. The van der Waals surface area contributed by atoms with Gasteiger partial charge in [-0.25, -0.2) is 4.98 Å². The molecule has 3 amide bonds. The molecule has 3 heterocycles. The van der Waals surface area contributed by atoms with Crippen molar-refractivity contribution in [1.29, 1.82) is 0 Å². The molecular weight excluding hydrogens is 394 g/mol. The van der Waals surface area contributed by atoms with Gasteiger partial charge in [0.1, 0.15) is 5.52 Å². The van der Waals surface area contributed by atoms with Crippen molar-refractivity contribution in [3.05, 3.63) is 65.0 Å². The highest BCUT2D eigenvalue weighted by molar-refractivity contribution is 6.21. The Hall–Kier alpha value is -3.48. The van der Waals surface area contributed by atoms with Gasteiger partial charge in [-0.1, -0.05) is 23.8 Å². The van der Waals surface area contributed by atoms with Crippen LogP contribution in [-0.4, -0.2) is 52.1 Å². The first-order valence-electron chi connectivity index (χ1n) is 10.6. The van der Waals surface area contributed by atoms with E-state index in [9.17, 15) is 14.4 Å². The van der Waals surface area contributed by atoms with Gasteiger partial charge in [0, 0.05) is 32.0 Å². The van der Waals surface area contributed by atoms with Crippen LogP contribution in [0.2, 0.25) is 0 Å². The smallest absolute Gasteiger partial charge is 0.261 e. The van der Waals surface area contributed by atoms with E-state index in [0.717, 1.165) is 35.4 Å². The number of amides is 3. The number of carbonyl (C=O) groups is 3. The molecule has 7 heteroatoms. The summed E-state index contributed by atoms with van der Waals surface area (Å²) in [6.07, 6.45) is 1.70. The predicted molar refractivity (Wildman–Crippen MR) is 114 cm³/mol. The lowest BCUT2D eigenvalue weighted by molar-refractivity contribution is -0.132. The van der Waals surface area contributed by atoms with Gasteiger partial charge in [-0.3, -0.25) is 19.3 Å². The second-order valence-electron chi connectivity index (χ2n) is 8.24. The van der Waals surface area contributed by atoms with Crippen LogP contribution >= 0.6 is 0 Å². The number of nitrogens with zero attached hydrogens (tertiary/aromatic N) is 3. The maximum atomic E-state index is 12.7. The monoisotopic (exact) mass is 417 g/mol. The molecule has 0 atom stereocenters. The van der Waals surface area contributed by atoms with E-state index < -0.39 is 0 Å². The zero-order chi connectivity index (χ0) is 21.5. The van der Waals surface area contributed by atoms with E-state index in [1.807, 2.05) is 42.2 Å². The number of hydrogen-bond donors (Lipinski definition) is 0. The van der Waals surface area contributed by atoms with Gasteiger partial charge in [0.15, 0.2) is 11.5 Å². The molecule has 158 valence electrons. The number of imide groups is 1. The minimum absolute atomic E-state index is 0.0382. The van der Waals surface area contributed by atoms with E-state index in [1.54, 1.807) is 12.1 Å². The zero-order valence-corrected chi connectivity index (χ0v) is 17.3. The Kier molecular flexibility index (Phi) is 4.81. The highest BCUT2D eigenvalue weighted by Gasteiger charge is 2.36. The second-order valence-corrected chi connectivity index (χ2v) is 8.24. The third-order valence-corrected chi connectivity index (χ3v) is 6.18. The van der Waals surface area contributed by atoms with Crippen molar-refractivity contribution in [2.75, 3.05) is 19.6 Å². The normalized spacial score (nSPS) is 16.9. The fourth-order valence-corrected chi connectivity index (χ4v) is 4.41. The zero-order valence-electron chi connectivity index (χ0n) is 17.3. The number of hydrogen-bond acceptors (Lipinski definition) is 5. The average Bonchev–Trinajstić information content (AvgIpc) is 3.32. The van der Waals surface area contributed by atoms with Gasteiger partial charge in [-0.05, 0) is 44.0 Å². The van der Waals surface area contributed by atoms with E-state index in [2.05, 4.69) is 4.98 Å². The molecule has 0 radical (unpaired) electrons. The predicted octanol–water partition coefficient (Wildman–Crippen LogP) is 3.53. The van der Waals surface area contributed by atoms with Crippen LogP contribution in [0.1, 0.15) is 57.4 Å². The molecule has 0 spiro atoms. The van der Waals surface area contributed by atoms with Crippen LogP contribution in [0.5, 0.6) is 0 Å². The van der Waals surface area contributed by atoms with Crippen LogP contribution in [0.25, 0.3) is 11.1 Å². The standard InChI is InChI=1S/C24H23N3O4/c1-15-6-7-17-18(14-15)24(30)27(23(17)29)13-10-21(28)26-11-8-16(9-12-26)22-25-19-4-2-3-5-20(19)31-22/h2-7,14,16H,8-13H2,1H3. The first kappa shape index (κ1) is 19.5. The maximum absolute atomic E-state index is 12.7. The number of para-hydroxylation sites is 2. The molecule has 0 saturated carbocycles. The van der Waals surface area contributed by atoms with E-state index >= 15 is 0 Å². The molecule has 2 aliphatic heterocycles. The molecular formula is C24H23N3O4. The molecule has 31 heavy (non-hydrogen) atoms. The van der Waals surface area contributed by atoms with Crippen LogP contribution in [0, 0.1) is 6.92 Å². The lowest BCUT2D eigenvalue weighted by Crippen LogP contribution is -2.40. The lowest BCUT2D eigenvalue weighted by atomic mass is 9.96. The highest BCUT2D eigenvalue weighted by Crippen LogP contribution is 2.30. The van der Waals surface area contributed by atoms with Crippen LogP contribution in [0.15, 0.2) is 46.9 Å². The molecule has 1 fully saturated rings. The number of aryl methyl sites for hydroxylation is 1. The average molecular weight is 417 g/mol. The van der Waals surface area contributed by atoms with Crippen LogP contribution in [-0.2, 0) is 4.79 Å². The van der Waals surface area contributed by atoms with E-state index in [4.69, 9.17) is 4.42 Å². The van der Waals surface area contributed by atoms with Crippen molar-refractivity contribution in [2.45, 2.75) is 32.1 Å². The van der Waals surface area contributed by atoms with Gasteiger partial charge in [-0.2, -0.15) is 0 Å². The lowest BCUT2D eigenvalue weighted by Gasteiger charge is -2.31. The van der Waals surface area contributed by atoms with Gasteiger partial charge < -0.3 is 9.32 Å². The van der Waals surface area contributed by atoms with Crippen LogP contribution in [0.4, 0.5) is 0 Å². The van der Waals surface area contributed by atoms with Crippen molar-refractivity contribution in [1.82, 2.24) is 14.8 Å². The van der Waals surface area contributed by atoms with Gasteiger partial charge in [0.25, 0.3) is 11.8 Å². The number of oxazole rings is 1. The summed E-state index contributed by atoms with van der Waals surface area (Å²) in [5.74, 6) is 0.253. The quantitative estimate of drug-likeness (QED) is 0.607. The molecule has 7 nitrogen and oxygen atoms in total. The largest absolute Gasteiger partial charge is 0.440 e. The summed E-state index contributed by atoms with van der Waals surface area (Å²) < 4.78 is 5.88. The van der Waals surface area contributed by atoms with E-state index in [-0.39, 0.29) is 36.6 Å². The Morgan fingerprint density at radius 1 is 1.06 bits per heavy atom. The minimum atomic E-state index is -0.317. The number of benzene rings is 2. The van der Waals surface area contributed by atoms with Crippen LogP contribution < -0.4 is 0 Å². The molecule has 0 bridgehead atoms. The summed E-state index contributed by atoms with van der Waals surface area (Å²) in [5, 5.41) is 0. The molecule has 2 aromatic carbocycles. The first-order chi connectivity index (χ1) is 15.0. The molecule has 1 saturated heterocycles. The molecule has 3 aromatic rings. The highest BCUT2D eigenvalue weighted by atomic mass is 16.3. The van der Waals surface area contributed by atoms with E-state index in [1.165, 1.54) is 4.90 Å². The fraction of sp³-hybridized carbons (Fsp3) is 0.333. The third-order valence-electron chi connectivity index (χ3n) is 6.18. The number of rotatable bonds is 4. The maximum Gasteiger partial charge on any atom is 0.261 e. The number of aromatic nitrogens is 1. The van der Waals surface area contributed by atoms with Crippen molar-refractivity contribution in [3.63, 3.8) is 0 Å². The van der Waals surface area contributed by atoms with Gasteiger partial charge in [0.2, 0.25) is 5.91 Å². The summed E-state index contributed by atoms with van der Waals surface area (Å²) in [7, 11) is 0. The number of fused-ring (bicyclic) bond motifs is 2. The van der Waals surface area contributed by atoms with Gasteiger partial charge >= 0.3 is 0 Å². The summed E-state index contributed by atoms with van der Waals surface area (Å²) >= 11 is 0. The molecule has 5 rings (SSSR count). The Morgan fingerprint density at radius 2 is 1.81 bits per heavy atom. The van der Waals surface area contributed by atoms with Gasteiger partial charge in [0.05, 0.1) is 11.1 Å². The number of carbonyl (C=O) groups excluding carboxylic acids is 3. The third kappa shape index (κ3) is 3.50. The van der Waals surface area contributed by atoms with Crippen molar-refractivity contribution >= 4 is 28.8 Å². The summed E-state index contributed by atoms with van der Waals surface area (Å²) in [6, 6.07) is 12.9. The molecule has 0 aliphatic carbocycles. The summed E-state index contributed by atoms with van der Waals surface area (Å²) in [6.45, 7) is 3.22. The Balaban J connectivity index is 1.17. The number of piperidine rings is 1. The minimum Gasteiger partial charge on any atom is -0.440 e. The SMILES string of the molecule is Cc1ccc2c(c1)C(=O)N(CCC(=O)N1CCC(c3nc4ccccc4o3)CC1)C2=O. The summed E-state index contributed by atoms with van der Waals surface area (Å²) in [5.41, 5.74) is 3.41. The van der Waals surface area contributed by atoms with Gasteiger partial charge in [-0.15, -0.1) is 0 Å². The molecule has 2 aliphatic rings. The molecule has 0 unspecified atom stereocenters. The van der Waals surface area contributed by atoms with Crippen molar-refractivity contribution in [3.8, 4) is 0 Å². The van der Waals surface area contributed by atoms with Crippen LogP contribution in [0.3, 0.4) is 0 Å². The van der Waals surface area contributed by atoms with Crippen molar-refractivity contribution < 1.29 is 18.8 Å². The Morgan fingerprint density at radius 3 is 2.58 bits per heavy atom. The summed E-state index contributed by atoms with van der Waals surface area (Å²) in [4.78, 5) is 45.4. The topological polar surface area (TPSA) is 83.7 Å².